The number of benzene rings is 1. The molecule has 0 radical (unpaired) electrons. The number of amides is 1. The third kappa shape index (κ3) is 4.35. The number of rotatable bonds is 6. The number of nitrogens with two attached hydrogens (primary N) is 1. The lowest BCUT2D eigenvalue weighted by Crippen LogP contribution is -2.33. The number of nitrogens with one attached hydrogen (secondary N) is 1. The Morgan fingerprint density at radius 3 is 3.00 bits per heavy atom. The van der Waals surface area contributed by atoms with Gasteiger partial charge in [0.25, 0.3) is 0 Å². The molecule has 128 valence electrons. The zero-order chi connectivity index (χ0) is 16.9. The molecule has 1 aliphatic rings. The molecule has 1 atom stereocenters. The van der Waals surface area contributed by atoms with Crippen molar-refractivity contribution < 1.29 is 4.79 Å². The summed E-state index contributed by atoms with van der Waals surface area (Å²) in [6.07, 6.45) is 4.34. The summed E-state index contributed by atoms with van der Waals surface area (Å²) in [4.78, 5) is 14.4. The van der Waals surface area contributed by atoms with Crippen LogP contribution in [0.1, 0.15) is 17.5 Å². The summed E-state index contributed by atoms with van der Waals surface area (Å²) in [6.45, 7) is 6.21. The molecule has 1 unspecified atom stereocenters. The van der Waals surface area contributed by atoms with Crippen LogP contribution in [0.2, 0.25) is 0 Å². The molecule has 1 aromatic carbocycles. The summed E-state index contributed by atoms with van der Waals surface area (Å²) in [7, 11) is 0. The van der Waals surface area contributed by atoms with Gasteiger partial charge in [0.2, 0.25) is 5.91 Å². The molecule has 1 saturated heterocycles. The van der Waals surface area contributed by atoms with Gasteiger partial charge in [0.05, 0.1) is 11.9 Å². The number of anilines is 1. The standard InChI is InChI=1S/C18H25N5O/c1-14-4-2-3-5-16(14)11-22-7-6-15(10-22)8-20-18(24)13-23-12-17(19)9-21-23/h2-5,9,12,15H,6-8,10-11,13,19H2,1H3,(H,20,24). The Balaban J connectivity index is 1.41. The van der Waals surface area contributed by atoms with Gasteiger partial charge in [0.1, 0.15) is 6.54 Å². The van der Waals surface area contributed by atoms with Crippen LogP contribution in [0.4, 0.5) is 5.69 Å². The lowest BCUT2D eigenvalue weighted by Gasteiger charge is -2.17. The maximum absolute atomic E-state index is 12.0. The minimum Gasteiger partial charge on any atom is -0.396 e. The molecule has 2 aromatic rings. The fourth-order valence-electron chi connectivity index (χ4n) is 3.18. The first-order valence-electron chi connectivity index (χ1n) is 8.41. The Labute approximate surface area is 142 Å². The SMILES string of the molecule is Cc1ccccc1CN1CCC(CNC(=O)Cn2cc(N)cn2)C1. The summed E-state index contributed by atoms with van der Waals surface area (Å²) < 4.78 is 1.56. The Morgan fingerprint density at radius 2 is 2.25 bits per heavy atom. The van der Waals surface area contributed by atoms with Crippen LogP contribution in [-0.4, -0.2) is 40.2 Å². The molecule has 3 rings (SSSR count). The van der Waals surface area contributed by atoms with E-state index in [2.05, 4.69) is 46.5 Å². The number of aromatic nitrogens is 2. The van der Waals surface area contributed by atoms with Crippen LogP contribution in [0.25, 0.3) is 0 Å². The zero-order valence-electron chi connectivity index (χ0n) is 14.1. The summed E-state index contributed by atoms with van der Waals surface area (Å²) in [5.74, 6) is 0.496. The molecule has 1 aromatic heterocycles. The van der Waals surface area contributed by atoms with E-state index in [0.29, 0.717) is 11.6 Å². The van der Waals surface area contributed by atoms with Gasteiger partial charge in [-0.1, -0.05) is 24.3 Å². The lowest BCUT2D eigenvalue weighted by molar-refractivity contribution is -0.122. The Hall–Kier alpha value is -2.34. The molecule has 0 spiro atoms. The van der Waals surface area contributed by atoms with Crippen LogP contribution < -0.4 is 11.1 Å². The van der Waals surface area contributed by atoms with Crippen molar-refractivity contribution in [3.8, 4) is 0 Å². The van der Waals surface area contributed by atoms with E-state index in [4.69, 9.17) is 5.73 Å². The normalized spacial score (nSPS) is 18.0. The van der Waals surface area contributed by atoms with Gasteiger partial charge < -0.3 is 11.1 Å². The van der Waals surface area contributed by atoms with E-state index in [0.717, 1.165) is 32.6 Å². The largest absolute Gasteiger partial charge is 0.396 e. The van der Waals surface area contributed by atoms with Crippen LogP contribution in [0.3, 0.4) is 0 Å². The highest BCUT2D eigenvalue weighted by atomic mass is 16.2. The van der Waals surface area contributed by atoms with Gasteiger partial charge in [-0.25, -0.2) is 0 Å². The number of aryl methyl sites for hydroxylation is 1. The molecule has 1 fully saturated rings. The molecular formula is C18H25N5O. The number of likely N-dealkylation sites (tertiary alicyclic amines) is 1. The van der Waals surface area contributed by atoms with Gasteiger partial charge in [-0.2, -0.15) is 5.10 Å². The molecule has 1 amide bonds. The topological polar surface area (TPSA) is 76.2 Å². The fraction of sp³-hybridized carbons (Fsp3) is 0.444. The van der Waals surface area contributed by atoms with E-state index in [1.165, 1.54) is 11.1 Å². The predicted molar refractivity (Wildman–Crippen MR) is 94.2 cm³/mol. The van der Waals surface area contributed by atoms with E-state index in [9.17, 15) is 4.79 Å². The van der Waals surface area contributed by atoms with Crippen molar-refractivity contribution in [1.29, 1.82) is 0 Å². The Morgan fingerprint density at radius 1 is 1.42 bits per heavy atom. The quantitative estimate of drug-likeness (QED) is 0.841. The highest BCUT2D eigenvalue weighted by Crippen LogP contribution is 2.19. The molecule has 0 aliphatic carbocycles. The third-order valence-electron chi connectivity index (χ3n) is 4.57. The number of nitrogens with zero attached hydrogens (tertiary/aromatic N) is 3. The van der Waals surface area contributed by atoms with E-state index in [1.807, 2.05) is 0 Å². The van der Waals surface area contributed by atoms with Gasteiger partial charge in [-0.05, 0) is 36.9 Å². The number of carbonyl (C=O) groups is 1. The minimum absolute atomic E-state index is 0.0181. The van der Waals surface area contributed by atoms with Crippen molar-refractivity contribution in [2.75, 3.05) is 25.4 Å². The highest BCUT2D eigenvalue weighted by molar-refractivity contribution is 5.75. The van der Waals surface area contributed by atoms with Gasteiger partial charge in [0, 0.05) is 25.8 Å². The minimum atomic E-state index is -0.0181. The highest BCUT2D eigenvalue weighted by Gasteiger charge is 2.23. The van der Waals surface area contributed by atoms with Crippen molar-refractivity contribution >= 4 is 11.6 Å². The second-order valence-electron chi connectivity index (χ2n) is 6.59. The summed E-state index contributed by atoms with van der Waals surface area (Å²) in [5, 5.41) is 7.04. The van der Waals surface area contributed by atoms with Crippen LogP contribution in [0.5, 0.6) is 0 Å². The third-order valence-corrected chi connectivity index (χ3v) is 4.57. The second kappa shape index (κ2) is 7.49. The molecule has 3 N–H and O–H groups in total. The lowest BCUT2D eigenvalue weighted by atomic mass is 10.1. The van der Waals surface area contributed by atoms with Crippen molar-refractivity contribution in [2.45, 2.75) is 26.4 Å². The van der Waals surface area contributed by atoms with Gasteiger partial charge in [-0.3, -0.25) is 14.4 Å². The number of hydrogen-bond acceptors (Lipinski definition) is 4. The molecule has 1 aliphatic heterocycles. The Bertz CT molecular complexity index is 696. The predicted octanol–water partition coefficient (Wildman–Crippen LogP) is 1.41. The van der Waals surface area contributed by atoms with Crippen LogP contribution in [0.15, 0.2) is 36.7 Å². The molecule has 6 nitrogen and oxygen atoms in total. The zero-order valence-corrected chi connectivity index (χ0v) is 14.1. The number of hydrogen-bond donors (Lipinski definition) is 2. The maximum atomic E-state index is 12.0. The van der Waals surface area contributed by atoms with Crippen LogP contribution in [-0.2, 0) is 17.9 Å². The van der Waals surface area contributed by atoms with E-state index in [1.54, 1.807) is 17.1 Å². The van der Waals surface area contributed by atoms with Crippen molar-refractivity contribution in [3.05, 3.63) is 47.8 Å². The van der Waals surface area contributed by atoms with Gasteiger partial charge >= 0.3 is 0 Å². The van der Waals surface area contributed by atoms with Gasteiger partial charge in [0.15, 0.2) is 0 Å². The van der Waals surface area contributed by atoms with Crippen LogP contribution >= 0.6 is 0 Å². The van der Waals surface area contributed by atoms with Crippen molar-refractivity contribution in [3.63, 3.8) is 0 Å². The maximum Gasteiger partial charge on any atom is 0.241 e. The van der Waals surface area contributed by atoms with E-state index < -0.39 is 0 Å². The fourth-order valence-corrected chi connectivity index (χ4v) is 3.18. The van der Waals surface area contributed by atoms with Crippen molar-refractivity contribution in [1.82, 2.24) is 20.0 Å². The molecular weight excluding hydrogens is 302 g/mol. The smallest absolute Gasteiger partial charge is 0.241 e. The molecule has 6 heteroatoms. The monoisotopic (exact) mass is 327 g/mol. The average molecular weight is 327 g/mol. The summed E-state index contributed by atoms with van der Waals surface area (Å²) in [5.41, 5.74) is 8.90. The number of carbonyl (C=O) groups excluding carboxylic acids is 1. The van der Waals surface area contributed by atoms with E-state index in [-0.39, 0.29) is 12.5 Å². The first-order chi connectivity index (χ1) is 11.6. The average Bonchev–Trinajstić information content (AvgIpc) is 3.17. The Kier molecular flexibility index (Phi) is 5.15. The first-order valence-corrected chi connectivity index (χ1v) is 8.41. The van der Waals surface area contributed by atoms with Gasteiger partial charge in [-0.15, -0.1) is 0 Å². The summed E-state index contributed by atoms with van der Waals surface area (Å²) >= 11 is 0. The van der Waals surface area contributed by atoms with Crippen molar-refractivity contribution in [2.24, 2.45) is 5.92 Å². The molecule has 2 heterocycles. The number of nitrogen functional groups attached to an aromatic ring is 1. The second-order valence-corrected chi connectivity index (χ2v) is 6.59. The first kappa shape index (κ1) is 16.5. The van der Waals surface area contributed by atoms with E-state index >= 15 is 0 Å². The summed E-state index contributed by atoms with van der Waals surface area (Å²) in [6, 6.07) is 8.53. The molecule has 0 bridgehead atoms. The molecule has 0 saturated carbocycles. The van der Waals surface area contributed by atoms with Crippen LogP contribution in [0, 0.1) is 12.8 Å². The molecule has 24 heavy (non-hydrogen) atoms.